The zero-order chi connectivity index (χ0) is 19.1. The predicted molar refractivity (Wildman–Crippen MR) is 103 cm³/mol. The van der Waals surface area contributed by atoms with Gasteiger partial charge in [0.25, 0.3) is 5.69 Å². The van der Waals surface area contributed by atoms with Gasteiger partial charge in [0.1, 0.15) is 5.75 Å². The largest absolute Gasteiger partial charge is 0.464 e. The predicted octanol–water partition coefficient (Wildman–Crippen LogP) is 4.23. The highest BCUT2D eigenvalue weighted by Crippen LogP contribution is 2.47. The van der Waals surface area contributed by atoms with Crippen LogP contribution in [0.1, 0.15) is 35.4 Å². The summed E-state index contributed by atoms with van der Waals surface area (Å²) in [6.45, 7) is 0. The van der Waals surface area contributed by atoms with Crippen molar-refractivity contribution in [1.82, 2.24) is 9.99 Å². The van der Waals surface area contributed by atoms with Crippen LogP contribution in [-0.2, 0) is 0 Å². The number of benzene rings is 2. The van der Waals surface area contributed by atoms with Crippen LogP contribution in [0, 0.1) is 10.1 Å². The third-order valence-electron chi connectivity index (χ3n) is 5.06. The van der Waals surface area contributed by atoms with E-state index in [2.05, 4.69) is 4.98 Å². The van der Waals surface area contributed by atoms with Crippen molar-refractivity contribution in [2.75, 3.05) is 0 Å². The van der Waals surface area contributed by atoms with Crippen molar-refractivity contribution in [2.45, 2.75) is 18.7 Å². The molecule has 0 aliphatic carbocycles. The number of nitro groups is 1. The third kappa shape index (κ3) is 2.68. The lowest BCUT2D eigenvalue weighted by Gasteiger charge is -2.38. The number of non-ortho nitro benzene ring substituents is 1. The van der Waals surface area contributed by atoms with Crippen molar-refractivity contribution in [3.8, 4) is 5.75 Å². The smallest absolute Gasteiger partial charge is 0.269 e. The maximum Gasteiger partial charge on any atom is 0.269 e. The zero-order valence-electron chi connectivity index (χ0n) is 14.8. The van der Waals surface area contributed by atoms with E-state index < -0.39 is 11.2 Å². The van der Waals surface area contributed by atoms with Gasteiger partial charge in [-0.05, 0) is 12.1 Å². The minimum atomic E-state index is -0.533. The first-order chi connectivity index (χ1) is 13.7. The second-order valence-electron chi connectivity index (χ2n) is 6.75. The van der Waals surface area contributed by atoms with Crippen molar-refractivity contribution in [1.29, 1.82) is 0 Å². The fourth-order valence-electron chi connectivity index (χ4n) is 3.75. The van der Waals surface area contributed by atoms with Crippen molar-refractivity contribution >= 4 is 11.4 Å². The van der Waals surface area contributed by atoms with Gasteiger partial charge in [-0.2, -0.15) is 5.10 Å². The molecule has 0 unspecified atom stereocenters. The number of nitro benzene ring substituents is 1. The third-order valence-corrected chi connectivity index (χ3v) is 5.06. The van der Waals surface area contributed by atoms with Crippen molar-refractivity contribution in [2.24, 2.45) is 5.10 Å². The SMILES string of the molecule is O=[N+]([O-])c1cccc([C@@H]2Oc3ccccc3[C@H]3CC(c4cccnc4)=NN32)c1. The normalized spacial score (nSPS) is 20.0. The summed E-state index contributed by atoms with van der Waals surface area (Å²) >= 11 is 0. The number of fused-ring (bicyclic) bond motifs is 3. The zero-order valence-corrected chi connectivity index (χ0v) is 14.8. The van der Waals surface area contributed by atoms with Crippen LogP contribution in [0.25, 0.3) is 0 Å². The Morgan fingerprint density at radius 1 is 1.11 bits per heavy atom. The highest BCUT2D eigenvalue weighted by molar-refractivity contribution is 6.01. The summed E-state index contributed by atoms with van der Waals surface area (Å²) in [4.78, 5) is 15.0. The fraction of sp³-hybridized carbons (Fsp3) is 0.143. The van der Waals surface area contributed by atoms with Crippen LogP contribution < -0.4 is 4.74 Å². The first kappa shape index (κ1) is 16.4. The molecule has 0 saturated heterocycles. The second kappa shape index (κ2) is 6.45. The van der Waals surface area contributed by atoms with E-state index in [0.717, 1.165) is 29.0 Å². The Morgan fingerprint density at radius 3 is 2.82 bits per heavy atom. The standard InChI is InChI=1S/C21H16N4O3/c26-25(27)16-7-3-5-14(11-16)21-24-19(17-8-1-2-9-20(17)28-21)12-18(23-24)15-6-4-10-22-13-15/h1-11,13,19,21H,12H2/t19-,21+/m1/s1. The summed E-state index contributed by atoms with van der Waals surface area (Å²) in [5.74, 6) is 0.780. The van der Waals surface area contributed by atoms with Crippen molar-refractivity contribution < 1.29 is 9.66 Å². The molecule has 138 valence electrons. The molecule has 5 rings (SSSR count). The van der Waals surface area contributed by atoms with E-state index in [1.807, 2.05) is 47.5 Å². The molecule has 0 bridgehead atoms. The van der Waals surface area contributed by atoms with E-state index >= 15 is 0 Å². The van der Waals surface area contributed by atoms with Gasteiger partial charge < -0.3 is 4.74 Å². The van der Waals surface area contributed by atoms with E-state index in [1.165, 1.54) is 6.07 Å². The number of pyridine rings is 1. The first-order valence-corrected chi connectivity index (χ1v) is 8.97. The number of para-hydroxylation sites is 1. The number of aromatic nitrogens is 1. The fourth-order valence-corrected chi connectivity index (χ4v) is 3.75. The minimum Gasteiger partial charge on any atom is -0.464 e. The molecule has 28 heavy (non-hydrogen) atoms. The number of hydrazone groups is 1. The highest BCUT2D eigenvalue weighted by Gasteiger charge is 2.41. The minimum absolute atomic E-state index is 0.00409. The van der Waals surface area contributed by atoms with Gasteiger partial charge in [-0.3, -0.25) is 15.1 Å². The monoisotopic (exact) mass is 372 g/mol. The van der Waals surface area contributed by atoms with Gasteiger partial charge in [0, 0.05) is 47.6 Å². The van der Waals surface area contributed by atoms with Crippen LogP contribution in [0.5, 0.6) is 5.75 Å². The molecule has 0 N–H and O–H groups in total. The molecular weight excluding hydrogens is 356 g/mol. The Hall–Kier alpha value is -3.74. The number of nitrogens with zero attached hydrogens (tertiary/aromatic N) is 4. The quantitative estimate of drug-likeness (QED) is 0.508. The summed E-state index contributed by atoms with van der Waals surface area (Å²) in [5.41, 5.74) is 3.69. The molecule has 0 fully saturated rings. The number of hydrogen-bond donors (Lipinski definition) is 0. The first-order valence-electron chi connectivity index (χ1n) is 8.97. The molecule has 2 atom stereocenters. The molecule has 2 aliphatic rings. The Kier molecular flexibility index (Phi) is 3.79. The van der Waals surface area contributed by atoms with Gasteiger partial charge in [-0.15, -0.1) is 0 Å². The van der Waals surface area contributed by atoms with Gasteiger partial charge in [0.15, 0.2) is 0 Å². The molecule has 0 spiro atoms. The summed E-state index contributed by atoms with van der Waals surface area (Å²) in [6.07, 6.45) is 3.72. The second-order valence-corrected chi connectivity index (χ2v) is 6.75. The Morgan fingerprint density at radius 2 is 2.00 bits per heavy atom. The molecule has 7 heteroatoms. The number of rotatable bonds is 3. The van der Waals surface area contributed by atoms with E-state index in [1.54, 1.807) is 24.5 Å². The summed E-state index contributed by atoms with van der Waals surface area (Å²) in [6, 6.07) is 18.3. The van der Waals surface area contributed by atoms with Crippen molar-refractivity contribution in [3.05, 3.63) is 99.9 Å². The van der Waals surface area contributed by atoms with Crippen LogP contribution in [0.2, 0.25) is 0 Å². The summed E-state index contributed by atoms with van der Waals surface area (Å²) < 4.78 is 6.23. The van der Waals surface area contributed by atoms with Gasteiger partial charge in [-0.1, -0.05) is 36.4 Å². The van der Waals surface area contributed by atoms with Gasteiger partial charge in [0.2, 0.25) is 6.23 Å². The van der Waals surface area contributed by atoms with Crippen LogP contribution in [0.4, 0.5) is 5.69 Å². The maximum absolute atomic E-state index is 11.2. The molecule has 3 heterocycles. The summed E-state index contributed by atoms with van der Waals surface area (Å²) in [7, 11) is 0. The molecule has 0 amide bonds. The summed E-state index contributed by atoms with van der Waals surface area (Å²) in [5, 5.41) is 17.9. The molecule has 2 aliphatic heterocycles. The Balaban J connectivity index is 1.60. The molecule has 7 nitrogen and oxygen atoms in total. The topological polar surface area (TPSA) is 80.9 Å². The van der Waals surface area contributed by atoms with Crippen LogP contribution >= 0.6 is 0 Å². The molecule has 1 aromatic heterocycles. The Bertz CT molecular complexity index is 1080. The van der Waals surface area contributed by atoms with Crippen LogP contribution in [0.3, 0.4) is 0 Å². The van der Waals surface area contributed by atoms with Gasteiger partial charge in [0.05, 0.1) is 16.7 Å². The highest BCUT2D eigenvalue weighted by atomic mass is 16.6. The Labute approximate surface area is 161 Å². The molecule has 0 radical (unpaired) electrons. The van der Waals surface area contributed by atoms with E-state index in [0.29, 0.717) is 5.56 Å². The average Bonchev–Trinajstić information content (AvgIpc) is 3.20. The number of ether oxygens (including phenoxy) is 1. The van der Waals surface area contributed by atoms with Crippen LogP contribution in [0.15, 0.2) is 78.2 Å². The van der Waals surface area contributed by atoms with E-state index in [4.69, 9.17) is 9.84 Å². The molecule has 0 saturated carbocycles. The molecule has 2 aromatic carbocycles. The maximum atomic E-state index is 11.2. The van der Waals surface area contributed by atoms with E-state index in [-0.39, 0.29) is 11.7 Å². The van der Waals surface area contributed by atoms with Crippen molar-refractivity contribution in [3.63, 3.8) is 0 Å². The van der Waals surface area contributed by atoms with Gasteiger partial charge >= 0.3 is 0 Å². The lowest BCUT2D eigenvalue weighted by Crippen LogP contribution is -2.33. The van der Waals surface area contributed by atoms with Crippen LogP contribution in [-0.4, -0.2) is 20.6 Å². The van der Waals surface area contributed by atoms with E-state index in [9.17, 15) is 10.1 Å². The average molecular weight is 372 g/mol. The molecular formula is C21H16N4O3. The lowest BCUT2D eigenvalue weighted by molar-refractivity contribution is -0.385. The van der Waals surface area contributed by atoms with Gasteiger partial charge in [-0.25, -0.2) is 5.01 Å². The molecule has 3 aromatic rings. The lowest BCUT2D eigenvalue weighted by atomic mass is 9.96. The number of hydrogen-bond acceptors (Lipinski definition) is 6.